The number of hydrogen-bond acceptors (Lipinski definition) is 4. The maximum Gasteiger partial charge on any atom is 0.248 e. The summed E-state index contributed by atoms with van der Waals surface area (Å²) in [6, 6.07) is 0. The molecular weight excluding hydrogens is 218 g/mol. The molecule has 0 saturated carbocycles. The SMILES string of the molecule is O=C(COCCN1CCNCC1)N1CCCC1. The fourth-order valence-electron chi connectivity index (χ4n) is 2.35. The average molecular weight is 241 g/mol. The number of nitrogens with one attached hydrogen (secondary N) is 1. The molecule has 0 aliphatic carbocycles. The van der Waals surface area contributed by atoms with Gasteiger partial charge in [-0.05, 0) is 12.8 Å². The minimum atomic E-state index is 0.155. The van der Waals surface area contributed by atoms with Gasteiger partial charge in [0.2, 0.25) is 5.91 Å². The van der Waals surface area contributed by atoms with Crippen molar-refractivity contribution < 1.29 is 9.53 Å². The standard InChI is InChI=1S/C12H23N3O2/c16-12(15-5-1-2-6-15)11-17-10-9-14-7-3-13-4-8-14/h13H,1-11H2. The summed E-state index contributed by atoms with van der Waals surface area (Å²) >= 11 is 0. The number of hydrogen-bond donors (Lipinski definition) is 1. The van der Waals surface area contributed by atoms with E-state index in [9.17, 15) is 4.79 Å². The van der Waals surface area contributed by atoms with Crippen molar-refractivity contribution in [2.75, 3.05) is 59.0 Å². The molecule has 2 aliphatic rings. The Morgan fingerprint density at radius 2 is 1.82 bits per heavy atom. The topological polar surface area (TPSA) is 44.8 Å². The van der Waals surface area contributed by atoms with Crippen LogP contribution in [0.2, 0.25) is 0 Å². The van der Waals surface area contributed by atoms with E-state index in [1.807, 2.05) is 4.90 Å². The van der Waals surface area contributed by atoms with Gasteiger partial charge in [0.25, 0.3) is 0 Å². The highest BCUT2D eigenvalue weighted by Crippen LogP contribution is 2.07. The number of carbonyl (C=O) groups excluding carboxylic acids is 1. The van der Waals surface area contributed by atoms with Gasteiger partial charge in [0, 0.05) is 45.8 Å². The summed E-state index contributed by atoms with van der Waals surface area (Å²) in [5.41, 5.74) is 0. The Hall–Kier alpha value is -0.650. The van der Waals surface area contributed by atoms with Crippen LogP contribution in [0.3, 0.4) is 0 Å². The summed E-state index contributed by atoms with van der Waals surface area (Å²) in [4.78, 5) is 16.0. The normalized spacial score (nSPS) is 22.0. The van der Waals surface area contributed by atoms with Gasteiger partial charge in [-0.25, -0.2) is 0 Å². The molecule has 17 heavy (non-hydrogen) atoms. The number of nitrogens with zero attached hydrogens (tertiary/aromatic N) is 2. The maximum atomic E-state index is 11.7. The van der Waals surface area contributed by atoms with Crippen molar-refractivity contribution in [3.05, 3.63) is 0 Å². The molecule has 2 heterocycles. The molecule has 2 aliphatic heterocycles. The highest BCUT2D eigenvalue weighted by Gasteiger charge is 2.17. The third-order valence-corrected chi connectivity index (χ3v) is 3.45. The van der Waals surface area contributed by atoms with E-state index in [0.717, 1.165) is 58.7 Å². The number of rotatable bonds is 5. The zero-order chi connectivity index (χ0) is 11.9. The van der Waals surface area contributed by atoms with E-state index in [2.05, 4.69) is 10.2 Å². The highest BCUT2D eigenvalue weighted by atomic mass is 16.5. The monoisotopic (exact) mass is 241 g/mol. The molecule has 0 aromatic rings. The van der Waals surface area contributed by atoms with Crippen LogP contribution in [0, 0.1) is 0 Å². The fourth-order valence-corrected chi connectivity index (χ4v) is 2.35. The molecule has 2 saturated heterocycles. The molecule has 1 amide bonds. The Morgan fingerprint density at radius 1 is 1.12 bits per heavy atom. The van der Waals surface area contributed by atoms with Crippen molar-refractivity contribution in [2.45, 2.75) is 12.8 Å². The second-order valence-corrected chi connectivity index (χ2v) is 4.73. The third kappa shape index (κ3) is 4.26. The van der Waals surface area contributed by atoms with Gasteiger partial charge in [0.15, 0.2) is 0 Å². The summed E-state index contributed by atoms with van der Waals surface area (Å²) < 4.78 is 5.46. The lowest BCUT2D eigenvalue weighted by Crippen LogP contribution is -2.44. The molecule has 0 atom stereocenters. The van der Waals surface area contributed by atoms with Crippen LogP contribution in [0.5, 0.6) is 0 Å². The predicted octanol–water partition coefficient (Wildman–Crippen LogP) is -0.469. The van der Waals surface area contributed by atoms with Crippen molar-refractivity contribution in [1.29, 1.82) is 0 Å². The van der Waals surface area contributed by atoms with Crippen LogP contribution in [0.25, 0.3) is 0 Å². The van der Waals surface area contributed by atoms with Gasteiger partial charge in [-0.15, -0.1) is 0 Å². The lowest BCUT2D eigenvalue weighted by atomic mass is 10.4. The molecule has 1 N–H and O–H groups in total. The van der Waals surface area contributed by atoms with Gasteiger partial charge < -0.3 is 15.0 Å². The van der Waals surface area contributed by atoms with Crippen LogP contribution in [0.1, 0.15) is 12.8 Å². The molecule has 0 radical (unpaired) electrons. The van der Waals surface area contributed by atoms with Crippen molar-refractivity contribution in [2.24, 2.45) is 0 Å². The van der Waals surface area contributed by atoms with Crippen molar-refractivity contribution in [1.82, 2.24) is 15.1 Å². The molecule has 5 nitrogen and oxygen atoms in total. The molecule has 0 aromatic carbocycles. The predicted molar refractivity (Wildman–Crippen MR) is 65.9 cm³/mol. The number of piperazine rings is 1. The van der Waals surface area contributed by atoms with Crippen LogP contribution in [0.4, 0.5) is 0 Å². The molecule has 5 heteroatoms. The summed E-state index contributed by atoms with van der Waals surface area (Å²) in [6.45, 7) is 7.99. The summed E-state index contributed by atoms with van der Waals surface area (Å²) in [7, 11) is 0. The first-order valence-electron chi connectivity index (χ1n) is 6.65. The van der Waals surface area contributed by atoms with Crippen molar-refractivity contribution in [3.63, 3.8) is 0 Å². The largest absolute Gasteiger partial charge is 0.370 e. The first-order chi connectivity index (χ1) is 8.36. The van der Waals surface area contributed by atoms with Gasteiger partial charge >= 0.3 is 0 Å². The number of likely N-dealkylation sites (tertiary alicyclic amines) is 1. The molecule has 0 unspecified atom stereocenters. The summed E-state index contributed by atoms with van der Waals surface area (Å²) in [5.74, 6) is 0.155. The molecule has 0 bridgehead atoms. The van der Waals surface area contributed by atoms with Crippen molar-refractivity contribution >= 4 is 5.91 Å². The number of ether oxygens (including phenoxy) is 1. The van der Waals surface area contributed by atoms with E-state index in [1.165, 1.54) is 0 Å². The Morgan fingerprint density at radius 3 is 2.53 bits per heavy atom. The zero-order valence-corrected chi connectivity index (χ0v) is 10.5. The van der Waals surface area contributed by atoms with Crippen LogP contribution in [0.15, 0.2) is 0 Å². The van der Waals surface area contributed by atoms with E-state index < -0.39 is 0 Å². The smallest absolute Gasteiger partial charge is 0.248 e. The van der Waals surface area contributed by atoms with Gasteiger partial charge in [0.05, 0.1) is 6.61 Å². The quantitative estimate of drug-likeness (QED) is 0.661. The average Bonchev–Trinajstić information content (AvgIpc) is 2.89. The first kappa shape index (κ1) is 12.8. The van der Waals surface area contributed by atoms with Gasteiger partial charge in [-0.1, -0.05) is 0 Å². The van der Waals surface area contributed by atoms with E-state index in [-0.39, 0.29) is 12.5 Å². The molecule has 2 rings (SSSR count). The van der Waals surface area contributed by atoms with Gasteiger partial charge in [-0.2, -0.15) is 0 Å². The van der Waals surface area contributed by atoms with Crippen molar-refractivity contribution in [3.8, 4) is 0 Å². The first-order valence-corrected chi connectivity index (χ1v) is 6.65. The van der Waals surface area contributed by atoms with E-state index in [1.54, 1.807) is 0 Å². The Balaban J connectivity index is 1.51. The Labute approximate surface area is 103 Å². The second-order valence-electron chi connectivity index (χ2n) is 4.73. The number of carbonyl (C=O) groups is 1. The Bertz CT molecular complexity index is 236. The molecule has 2 fully saturated rings. The number of amides is 1. The van der Waals surface area contributed by atoms with Crippen LogP contribution in [-0.4, -0.2) is 74.7 Å². The maximum absolute atomic E-state index is 11.7. The van der Waals surface area contributed by atoms with Gasteiger partial charge in [-0.3, -0.25) is 9.69 Å². The van der Waals surface area contributed by atoms with E-state index in [4.69, 9.17) is 4.74 Å². The minimum Gasteiger partial charge on any atom is -0.370 e. The van der Waals surface area contributed by atoms with Crippen LogP contribution in [-0.2, 0) is 9.53 Å². The lowest BCUT2D eigenvalue weighted by molar-refractivity contribution is -0.135. The van der Waals surface area contributed by atoms with E-state index >= 15 is 0 Å². The lowest BCUT2D eigenvalue weighted by Gasteiger charge is -2.26. The summed E-state index contributed by atoms with van der Waals surface area (Å²) in [6.07, 6.45) is 2.29. The molecule has 0 spiro atoms. The molecule has 98 valence electrons. The minimum absolute atomic E-state index is 0.155. The van der Waals surface area contributed by atoms with Gasteiger partial charge in [0.1, 0.15) is 6.61 Å². The molecule has 0 aromatic heterocycles. The van der Waals surface area contributed by atoms with E-state index in [0.29, 0.717) is 6.61 Å². The summed E-state index contributed by atoms with van der Waals surface area (Å²) in [5, 5.41) is 3.32. The van der Waals surface area contributed by atoms with Crippen LogP contribution >= 0.6 is 0 Å². The van der Waals surface area contributed by atoms with Crippen LogP contribution < -0.4 is 5.32 Å². The second kappa shape index (κ2) is 6.93. The fraction of sp³-hybridized carbons (Fsp3) is 0.917. The zero-order valence-electron chi connectivity index (χ0n) is 10.5. The Kier molecular flexibility index (Phi) is 5.22. The highest BCUT2D eigenvalue weighted by molar-refractivity contribution is 5.77. The molecular formula is C12H23N3O2. The third-order valence-electron chi connectivity index (χ3n) is 3.45.